The van der Waals surface area contributed by atoms with E-state index in [4.69, 9.17) is 14.2 Å². The molecule has 0 spiro atoms. The third kappa shape index (κ3) is 3.69. The molecule has 0 aromatic heterocycles. The van der Waals surface area contributed by atoms with Crippen LogP contribution in [-0.2, 0) is 18.4 Å². The van der Waals surface area contributed by atoms with Crippen LogP contribution in [0.3, 0.4) is 0 Å². The average Bonchev–Trinajstić information content (AvgIpc) is 3.42. The highest BCUT2D eigenvalue weighted by atomic mass is 32.2. The second-order valence-corrected chi connectivity index (χ2v) is 12.2. The number of ether oxygens (including phenoxy) is 3. The zero-order chi connectivity index (χ0) is 28.4. The number of anilines is 1. The maximum atomic E-state index is 7.40. The minimum Gasteiger partial charge on any atom is -0.497 e. The van der Waals surface area contributed by atoms with E-state index in [1.807, 2.05) is 36.0 Å². The Morgan fingerprint density at radius 3 is 2.19 bits per heavy atom. The fraction of sp³-hybridized carbons (Fsp3) is 0.189. The number of benzene rings is 5. The molecule has 5 aromatic rings. The number of nitrogens with zero attached hydrogens (tertiary/aromatic N) is 1. The lowest BCUT2D eigenvalue weighted by Gasteiger charge is -2.38. The van der Waals surface area contributed by atoms with Crippen molar-refractivity contribution in [1.29, 1.82) is 0 Å². The van der Waals surface area contributed by atoms with Gasteiger partial charge >= 0.3 is 0 Å². The van der Waals surface area contributed by atoms with Crippen LogP contribution in [-0.4, -0.2) is 27.1 Å². The van der Waals surface area contributed by atoms with Crippen LogP contribution in [0, 0.1) is 0 Å². The van der Waals surface area contributed by atoms with E-state index in [1.165, 1.54) is 43.8 Å². The predicted molar refractivity (Wildman–Crippen MR) is 172 cm³/mol. The first-order chi connectivity index (χ1) is 20.6. The van der Waals surface area contributed by atoms with E-state index in [9.17, 15) is 0 Å². The monoisotopic (exact) mass is 569 g/mol. The largest absolute Gasteiger partial charge is 0.497 e. The van der Waals surface area contributed by atoms with Crippen molar-refractivity contribution < 1.29 is 14.2 Å². The summed E-state index contributed by atoms with van der Waals surface area (Å²) in [6, 6.07) is 30.1. The molecule has 2 heterocycles. The van der Waals surface area contributed by atoms with E-state index in [0.717, 1.165) is 52.5 Å². The Balaban J connectivity index is 1.42. The van der Waals surface area contributed by atoms with Crippen LogP contribution in [0.25, 0.3) is 28.0 Å². The molecule has 1 aliphatic carbocycles. The van der Waals surface area contributed by atoms with Gasteiger partial charge in [0, 0.05) is 34.0 Å². The molecular formula is C37H31NO3S. The normalized spacial score (nSPS) is 15.8. The van der Waals surface area contributed by atoms with Crippen molar-refractivity contribution in [3.63, 3.8) is 0 Å². The third-order valence-corrected chi connectivity index (χ3v) is 10.2. The second kappa shape index (κ2) is 9.60. The van der Waals surface area contributed by atoms with E-state index in [2.05, 4.69) is 84.8 Å². The quantitative estimate of drug-likeness (QED) is 0.217. The van der Waals surface area contributed by atoms with Gasteiger partial charge in [-0.15, -0.1) is 11.8 Å². The summed E-state index contributed by atoms with van der Waals surface area (Å²) in [6.07, 6.45) is 6.56. The van der Waals surface area contributed by atoms with Gasteiger partial charge in [-0.3, -0.25) is 0 Å². The van der Waals surface area contributed by atoms with Crippen LogP contribution < -0.4 is 19.1 Å². The summed E-state index contributed by atoms with van der Waals surface area (Å²) in [5.74, 6) is 3.54. The SMILES string of the molecule is COc1ccc(C2(c3ccc(OC)cc3)C=Cc3c4c(c5cc6c(cc5c3O2)SCN6C)-c2ccccc2CC4)cc1. The maximum absolute atomic E-state index is 7.40. The Labute approximate surface area is 250 Å². The molecule has 8 rings (SSSR count). The lowest BCUT2D eigenvalue weighted by atomic mass is 9.77. The minimum absolute atomic E-state index is 0.817. The molecular weight excluding hydrogens is 538 g/mol. The van der Waals surface area contributed by atoms with Gasteiger partial charge in [-0.2, -0.15) is 0 Å². The van der Waals surface area contributed by atoms with Crippen LogP contribution >= 0.6 is 11.8 Å². The Morgan fingerprint density at radius 1 is 0.810 bits per heavy atom. The number of hydrogen-bond acceptors (Lipinski definition) is 5. The van der Waals surface area contributed by atoms with Crippen LogP contribution in [0.1, 0.15) is 27.8 Å². The lowest BCUT2D eigenvalue weighted by Crippen LogP contribution is -2.34. The first-order valence-electron chi connectivity index (χ1n) is 14.4. The highest BCUT2D eigenvalue weighted by Crippen LogP contribution is 2.54. The van der Waals surface area contributed by atoms with Crippen LogP contribution in [0.5, 0.6) is 17.2 Å². The Hall–Kier alpha value is -4.35. The molecule has 0 amide bonds. The fourth-order valence-electron chi connectivity index (χ4n) is 6.84. The van der Waals surface area contributed by atoms with Gasteiger partial charge < -0.3 is 19.1 Å². The molecule has 3 aliphatic rings. The van der Waals surface area contributed by atoms with Gasteiger partial charge in [-0.25, -0.2) is 0 Å². The van der Waals surface area contributed by atoms with Gasteiger partial charge in [0.05, 0.1) is 25.8 Å². The lowest BCUT2D eigenvalue weighted by molar-refractivity contribution is 0.163. The van der Waals surface area contributed by atoms with Crippen molar-refractivity contribution in [2.75, 3.05) is 32.0 Å². The molecule has 5 aromatic carbocycles. The van der Waals surface area contributed by atoms with Crippen LogP contribution in [0.2, 0.25) is 0 Å². The molecule has 42 heavy (non-hydrogen) atoms. The standard InChI is InChI=1S/C37H31NO3S/c1-38-22-42-34-21-32-31(20-33(34)38)35-28-7-5-4-6-23(28)8-17-29(35)30-18-19-37(41-36(30)32,24-9-13-26(39-2)14-10-24)25-11-15-27(40-3)16-12-25/h4-7,9-16,18-21H,8,17,22H2,1-3H3. The van der Waals surface area contributed by atoms with Crippen molar-refractivity contribution in [1.82, 2.24) is 0 Å². The summed E-state index contributed by atoms with van der Waals surface area (Å²) in [6.45, 7) is 0. The van der Waals surface area contributed by atoms with Gasteiger partial charge in [0.25, 0.3) is 0 Å². The molecule has 0 radical (unpaired) electrons. The minimum atomic E-state index is -0.817. The molecule has 4 nitrogen and oxygen atoms in total. The van der Waals surface area contributed by atoms with Gasteiger partial charge in [-0.1, -0.05) is 54.6 Å². The van der Waals surface area contributed by atoms with Crippen molar-refractivity contribution >= 4 is 34.3 Å². The molecule has 0 saturated carbocycles. The highest BCUT2D eigenvalue weighted by Gasteiger charge is 2.40. The Morgan fingerprint density at radius 2 is 1.50 bits per heavy atom. The smallest absolute Gasteiger partial charge is 0.178 e. The summed E-state index contributed by atoms with van der Waals surface area (Å²) < 4.78 is 18.4. The number of fused-ring (bicyclic) bond motifs is 9. The number of methoxy groups -OCH3 is 2. The molecule has 0 N–H and O–H groups in total. The van der Waals surface area contributed by atoms with E-state index in [1.54, 1.807) is 14.2 Å². The Kier molecular flexibility index (Phi) is 5.80. The van der Waals surface area contributed by atoms with E-state index >= 15 is 0 Å². The van der Waals surface area contributed by atoms with Crippen molar-refractivity contribution in [3.8, 4) is 28.4 Å². The second-order valence-electron chi connectivity index (χ2n) is 11.2. The molecule has 0 saturated heterocycles. The molecule has 2 aliphatic heterocycles. The van der Waals surface area contributed by atoms with Crippen molar-refractivity contribution in [3.05, 3.63) is 119 Å². The van der Waals surface area contributed by atoms with Crippen molar-refractivity contribution in [2.45, 2.75) is 23.3 Å². The summed E-state index contributed by atoms with van der Waals surface area (Å²) in [5, 5.41) is 2.43. The number of hydrogen-bond donors (Lipinski definition) is 0. The fourth-order valence-corrected chi connectivity index (χ4v) is 7.87. The average molecular weight is 570 g/mol. The van der Waals surface area contributed by atoms with E-state index in [-0.39, 0.29) is 0 Å². The highest BCUT2D eigenvalue weighted by molar-refractivity contribution is 7.99. The molecule has 0 bridgehead atoms. The number of aryl methyl sites for hydroxylation is 1. The van der Waals surface area contributed by atoms with Crippen molar-refractivity contribution in [2.24, 2.45) is 0 Å². The molecule has 208 valence electrons. The zero-order valence-electron chi connectivity index (χ0n) is 23.9. The third-order valence-electron chi connectivity index (χ3n) is 9.03. The van der Waals surface area contributed by atoms with Gasteiger partial charge in [0.15, 0.2) is 5.60 Å². The van der Waals surface area contributed by atoms with Crippen LogP contribution in [0.4, 0.5) is 5.69 Å². The number of rotatable bonds is 4. The first kappa shape index (κ1) is 25.4. The molecule has 0 fully saturated rings. The zero-order valence-corrected chi connectivity index (χ0v) is 24.8. The van der Waals surface area contributed by atoms with Crippen LogP contribution in [0.15, 0.2) is 95.9 Å². The van der Waals surface area contributed by atoms with Gasteiger partial charge in [-0.05, 0) is 83.0 Å². The summed E-state index contributed by atoms with van der Waals surface area (Å²) in [4.78, 5) is 3.65. The summed E-state index contributed by atoms with van der Waals surface area (Å²) in [5.41, 5.74) is 9.25. The van der Waals surface area contributed by atoms with E-state index in [0.29, 0.717) is 0 Å². The molecule has 5 heteroatoms. The number of thioether (sulfide) groups is 1. The van der Waals surface area contributed by atoms with Gasteiger partial charge in [0.2, 0.25) is 0 Å². The predicted octanol–water partition coefficient (Wildman–Crippen LogP) is 8.47. The van der Waals surface area contributed by atoms with E-state index < -0.39 is 5.60 Å². The Bertz CT molecular complexity index is 1850. The topological polar surface area (TPSA) is 30.9 Å². The summed E-state index contributed by atoms with van der Waals surface area (Å²) in [7, 11) is 5.58. The molecule has 0 unspecified atom stereocenters. The summed E-state index contributed by atoms with van der Waals surface area (Å²) >= 11 is 1.89. The van der Waals surface area contributed by atoms with Gasteiger partial charge in [0.1, 0.15) is 17.2 Å². The molecule has 0 atom stereocenters. The maximum Gasteiger partial charge on any atom is 0.178 e. The first-order valence-corrected chi connectivity index (χ1v) is 15.3.